The minimum Gasteiger partial charge on any atom is -0.249 e. The summed E-state index contributed by atoms with van der Waals surface area (Å²) >= 11 is 12.4. The van der Waals surface area contributed by atoms with Crippen molar-refractivity contribution in [2.24, 2.45) is 5.92 Å². The fourth-order valence-electron chi connectivity index (χ4n) is 2.07. The lowest BCUT2D eigenvalue weighted by Crippen LogP contribution is -2.03. The van der Waals surface area contributed by atoms with Crippen molar-refractivity contribution in [2.45, 2.75) is 32.7 Å². The third kappa shape index (κ3) is 3.52. The van der Waals surface area contributed by atoms with Crippen LogP contribution in [0.3, 0.4) is 0 Å². The number of nitrogens with zero attached hydrogens (tertiary/aromatic N) is 2. The third-order valence-electron chi connectivity index (χ3n) is 2.98. The van der Waals surface area contributed by atoms with E-state index >= 15 is 0 Å². The minimum absolute atomic E-state index is 0.412. The van der Waals surface area contributed by atoms with E-state index in [4.69, 9.17) is 23.2 Å². The van der Waals surface area contributed by atoms with Crippen molar-refractivity contribution >= 4 is 23.2 Å². The molecule has 0 saturated carbocycles. The SMILES string of the molecule is CC(C)Cc1nn(Cc2ccccc2)c(Cl)c1CCl. The lowest BCUT2D eigenvalue weighted by Gasteiger charge is -2.03. The molecule has 0 unspecified atom stereocenters. The average molecular weight is 297 g/mol. The Balaban J connectivity index is 2.28. The van der Waals surface area contributed by atoms with E-state index in [1.54, 1.807) is 0 Å². The van der Waals surface area contributed by atoms with Gasteiger partial charge in [0, 0.05) is 5.56 Å². The van der Waals surface area contributed by atoms with Crippen LogP contribution in [-0.4, -0.2) is 9.78 Å². The van der Waals surface area contributed by atoms with Crippen LogP contribution in [0.1, 0.15) is 30.7 Å². The van der Waals surface area contributed by atoms with Crippen molar-refractivity contribution in [2.75, 3.05) is 0 Å². The first-order valence-corrected chi connectivity index (χ1v) is 7.37. The molecule has 2 nitrogen and oxygen atoms in total. The Morgan fingerprint density at radius 1 is 1.21 bits per heavy atom. The smallest absolute Gasteiger partial charge is 0.132 e. The quantitative estimate of drug-likeness (QED) is 0.742. The van der Waals surface area contributed by atoms with Gasteiger partial charge in [0.05, 0.1) is 18.1 Å². The molecule has 1 heterocycles. The molecule has 1 aromatic carbocycles. The van der Waals surface area contributed by atoms with E-state index in [0.29, 0.717) is 23.5 Å². The Morgan fingerprint density at radius 2 is 1.89 bits per heavy atom. The summed E-state index contributed by atoms with van der Waals surface area (Å²) in [5.74, 6) is 0.952. The van der Waals surface area contributed by atoms with Gasteiger partial charge >= 0.3 is 0 Å². The van der Waals surface area contributed by atoms with Crippen LogP contribution < -0.4 is 0 Å². The summed E-state index contributed by atoms with van der Waals surface area (Å²) in [6.45, 7) is 5.02. The van der Waals surface area contributed by atoms with Crippen molar-refractivity contribution in [3.8, 4) is 0 Å². The van der Waals surface area contributed by atoms with Crippen LogP contribution in [0.15, 0.2) is 30.3 Å². The van der Waals surface area contributed by atoms with Gasteiger partial charge in [-0.05, 0) is 17.9 Å². The molecule has 0 spiro atoms. The Labute approximate surface area is 124 Å². The first-order chi connectivity index (χ1) is 9.11. The van der Waals surface area contributed by atoms with E-state index in [0.717, 1.165) is 17.7 Å². The van der Waals surface area contributed by atoms with Crippen LogP contribution in [-0.2, 0) is 18.8 Å². The molecule has 0 N–H and O–H groups in total. The molecule has 102 valence electrons. The van der Waals surface area contributed by atoms with Gasteiger partial charge < -0.3 is 0 Å². The van der Waals surface area contributed by atoms with E-state index in [2.05, 4.69) is 31.1 Å². The highest BCUT2D eigenvalue weighted by Gasteiger charge is 2.16. The van der Waals surface area contributed by atoms with Crippen molar-refractivity contribution < 1.29 is 0 Å². The number of rotatable bonds is 5. The summed E-state index contributed by atoms with van der Waals surface area (Å²) in [6, 6.07) is 10.2. The predicted octanol–water partition coefficient (Wildman–Crippen LogP) is 4.52. The van der Waals surface area contributed by atoms with Gasteiger partial charge in [-0.25, -0.2) is 4.68 Å². The normalized spacial score (nSPS) is 11.2. The molecular formula is C15H18Cl2N2. The summed E-state index contributed by atoms with van der Waals surface area (Å²) in [7, 11) is 0. The monoisotopic (exact) mass is 296 g/mol. The fourth-order valence-corrected chi connectivity index (χ4v) is 2.69. The summed E-state index contributed by atoms with van der Waals surface area (Å²) in [5.41, 5.74) is 3.17. The zero-order valence-electron chi connectivity index (χ0n) is 11.2. The molecule has 1 aromatic heterocycles. The van der Waals surface area contributed by atoms with Crippen molar-refractivity contribution in [1.29, 1.82) is 0 Å². The molecule has 0 aliphatic rings. The van der Waals surface area contributed by atoms with Gasteiger partial charge in [-0.2, -0.15) is 5.10 Å². The highest BCUT2D eigenvalue weighted by molar-refractivity contribution is 6.31. The molecule has 19 heavy (non-hydrogen) atoms. The van der Waals surface area contributed by atoms with Gasteiger partial charge in [-0.1, -0.05) is 55.8 Å². The molecule has 2 aromatic rings. The number of hydrogen-bond acceptors (Lipinski definition) is 1. The maximum atomic E-state index is 6.38. The molecule has 2 rings (SSSR count). The summed E-state index contributed by atoms with van der Waals surface area (Å²) in [6.07, 6.45) is 0.906. The molecular weight excluding hydrogens is 279 g/mol. The number of alkyl halides is 1. The van der Waals surface area contributed by atoms with Gasteiger partial charge in [-0.15, -0.1) is 11.6 Å². The Kier molecular flexibility index (Phi) is 4.89. The summed E-state index contributed by atoms with van der Waals surface area (Å²) in [5, 5.41) is 5.28. The van der Waals surface area contributed by atoms with Crippen LogP contribution in [0.25, 0.3) is 0 Å². The van der Waals surface area contributed by atoms with Crippen LogP contribution in [0.2, 0.25) is 5.15 Å². The highest BCUT2D eigenvalue weighted by atomic mass is 35.5. The van der Waals surface area contributed by atoms with Crippen LogP contribution >= 0.6 is 23.2 Å². The lowest BCUT2D eigenvalue weighted by atomic mass is 10.1. The van der Waals surface area contributed by atoms with Gasteiger partial charge in [0.15, 0.2) is 0 Å². The first kappa shape index (κ1) is 14.4. The van der Waals surface area contributed by atoms with E-state index in [-0.39, 0.29) is 0 Å². The third-order valence-corrected chi connectivity index (χ3v) is 3.67. The summed E-state index contributed by atoms with van der Waals surface area (Å²) in [4.78, 5) is 0. The molecule has 0 bridgehead atoms. The van der Waals surface area contributed by atoms with E-state index in [1.807, 2.05) is 22.9 Å². The molecule has 4 heteroatoms. The largest absolute Gasteiger partial charge is 0.249 e. The van der Waals surface area contributed by atoms with Crippen LogP contribution in [0.4, 0.5) is 0 Å². The Morgan fingerprint density at radius 3 is 2.47 bits per heavy atom. The van der Waals surface area contributed by atoms with Gasteiger partial charge in [0.1, 0.15) is 5.15 Å². The Hall–Kier alpha value is -0.990. The second-order valence-electron chi connectivity index (χ2n) is 5.09. The van der Waals surface area contributed by atoms with Crippen molar-refractivity contribution in [1.82, 2.24) is 9.78 Å². The topological polar surface area (TPSA) is 17.8 Å². The number of benzene rings is 1. The molecule has 0 amide bonds. The first-order valence-electron chi connectivity index (χ1n) is 6.45. The van der Waals surface area contributed by atoms with Crippen LogP contribution in [0.5, 0.6) is 0 Å². The van der Waals surface area contributed by atoms with Gasteiger partial charge in [0.25, 0.3) is 0 Å². The maximum Gasteiger partial charge on any atom is 0.132 e. The maximum absolute atomic E-state index is 6.38. The zero-order chi connectivity index (χ0) is 13.8. The van der Waals surface area contributed by atoms with Crippen molar-refractivity contribution in [3.63, 3.8) is 0 Å². The van der Waals surface area contributed by atoms with E-state index < -0.39 is 0 Å². The minimum atomic E-state index is 0.412. The standard InChI is InChI=1S/C15H18Cl2N2/c1-11(2)8-14-13(9-16)15(17)19(18-14)10-12-6-4-3-5-7-12/h3-7,11H,8-10H2,1-2H3. The predicted molar refractivity (Wildman–Crippen MR) is 80.9 cm³/mol. The van der Waals surface area contributed by atoms with Gasteiger partial charge in [0.2, 0.25) is 0 Å². The Bertz CT molecular complexity index is 533. The van der Waals surface area contributed by atoms with Gasteiger partial charge in [-0.3, -0.25) is 0 Å². The second-order valence-corrected chi connectivity index (χ2v) is 5.72. The molecule has 0 aliphatic carbocycles. The van der Waals surface area contributed by atoms with E-state index in [1.165, 1.54) is 5.56 Å². The van der Waals surface area contributed by atoms with E-state index in [9.17, 15) is 0 Å². The average Bonchev–Trinajstić information content (AvgIpc) is 2.66. The zero-order valence-corrected chi connectivity index (χ0v) is 12.7. The molecule has 0 atom stereocenters. The second kappa shape index (κ2) is 6.44. The highest BCUT2D eigenvalue weighted by Crippen LogP contribution is 2.25. The number of aromatic nitrogens is 2. The lowest BCUT2D eigenvalue weighted by molar-refractivity contribution is 0.607. The number of hydrogen-bond donors (Lipinski definition) is 0. The molecule has 0 radical (unpaired) electrons. The van der Waals surface area contributed by atoms with Crippen LogP contribution in [0, 0.1) is 5.92 Å². The molecule has 0 saturated heterocycles. The molecule has 0 fully saturated rings. The number of halogens is 2. The fraction of sp³-hybridized carbons (Fsp3) is 0.400. The summed E-state index contributed by atoms with van der Waals surface area (Å²) < 4.78 is 1.84. The van der Waals surface area contributed by atoms with Crippen molar-refractivity contribution in [3.05, 3.63) is 52.3 Å². The molecule has 0 aliphatic heterocycles.